The second-order valence-corrected chi connectivity index (χ2v) is 7.74. The minimum Gasteiger partial charge on any atom is -0.187 e. The van der Waals surface area contributed by atoms with Crippen molar-refractivity contribution in [3.8, 4) is 11.4 Å². The van der Waals surface area contributed by atoms with Gasteiger partial charge < -0.3 is 0 Å². The van der Waals surface area contributed by atoms with Crippen molar-refractivity contribution >= 4 is 49.3 Å². The highest BCUT2D eigenvalue weighted by Gasteiger charge is 2.20. The lowest BCUT2D eigenvalue weighted by molar-refractivity contribution is 0.762. The molecular weight excluding hydrogens is 440 g/mol. The molecule has 1 aliphatic heterocycles. The SMILES string of the molecule is Brc1ccc(C2=Nn3c(nnc3-c3cccc(Br)c3)SC2)cc1. The minimum atomic E-state index is 0.753. The average molecular weight is 450 g/mol. The van der Waals surface area contributed by atoms with Crippen molar-refractivity contribution < 1.29 is 0 Å². The van der Waals surface area contributed by atoms with Gasteiger partial charge in [0.15, 0.2) is 5.82 Å². The highest BCUT2D eigenvalue weighted by molar-refractivity contribution is 9.10. The topological polar surface area (TPSA) is 43.1 Å². The molecule has 2 heterocycles. The van der Waals surface area contributed by atoms with E-state index in [0.29, 0.717) is 0 Å². The van der Waals surface area contributed by atoms with Crippen LogP contribution in [0.15, 0.2) is 67.7 Å². The molecule has 0 radical (unpaired) electrons. The monoisotopic (exact) mass is 448 g/mol. The molecule has 0 aliphatic carbocycles. The Balaban J connectivity index is 1.79. The van der Waals surface area contributed by atoms with Gasteiger partial charge in [-0.2, -0.15) is 9.78 Å². The van der Waals surface area contributed by atoms with Crippen LogP contribution in [0.5, 0.6) is 0 Å². The second-order valence-electron chi connectivity index (χ2n) is 4.97. The Labute approximate surface area is 154 Å². The maximum Gasteiger partial charge on any atom is 0.212 e. The molecule has 114 valence electrons. The summed E-state index contributed by atoms with van der Waals surface area (Å²) in [6.45, 7) is 0. The van der Waals surface area contributed by atoms with Crippen LogP contribution in [-0.2, 0) is 0 Å². The highest BCUT2D eigenvalue weighted by atomic mass is 79.9. The summed E-state index contributed by atoms with van der Waals surface area (Å²) < 4.78 is 3.89. The van der Waals surface area contributed by atoms with Gasteiger partial charge in [-0.1, -0.05) is 67.9 Å². The summed E-state index contributed by atoms with van der Waals surface area (Å²) in [5.41, 5.74) is 3.12. The first-order valence-corrected chi connectivity index (χ1v) is 9.46. The van der Waals surface area contributed by atoms with E-state index in [1.807, 2.05) is 41.1 Å². The number of nitrogens with zero attached hydrogens (tertiary/aromatic N) is 4. The van der Waals surface area contributed by atoms with E-state index in [0.717, 1.165) is 42.5 Å². The smallest absolute Gasteiger partial charge is 0.187 e. The molecule has 3 aromatic rings. The third-order valence-corrected chi connectivity index (χ3v) is 5.38. The molecule has 4 rings (SSSR count). The van der Waals surface area contributed by atoms with Gasteiger partial charge in [0.05, 0.1) is 5.71 Å². The number of thioether (sulfide) groups is 1. The first-order chi connectivity index (χ1) is 11.2. The average Bonchev–Trinajstić information content (AvgIpc) is 2.98. The van der Waals surface area contributed by atoms with Crippen LogP contribution in [0.1, 0.15) is 5.56 Å². The molecule has 0 N–H and O–H groups in total. The van der Waals surface area contributed by atoms with Gasteiger partial charge in [-0.15, -0.1) is 10.2 Å². The van der Waals surface area contributed by atoms with E-state index >= 15 is 0 Å². The van der Waals surface area contributed by atoms with Gasteiger partial charge in [0.25, 0.3) is 0 Å². The minimum absolute atomic E-state index is 0.753. The molecule has 0 saturated heterocycles. The van der Waals surface area contributed by atoms with E-state index in [2.05, 4.69) is 54.2 Å². The van der Waals surface area contributed by atoms with E-state index in [9.17, 15) is 0 Å². The number of benzene rings is 2. The van der Waals surface area contributed by atoms with Crippen molar-refractivity contribution in [3.63, 3.8) is 0 Å². The Hall–Kier alpha value is -1.44. The van der Waals surface area contributed by atoms with E-state index in [1.54, 1.807) is 11.8 Å². The molecule has 0 amide bonds. The van der Waals surface area contributed by atoms with Crippen LogP contribution in [0.2, 0.25) is 0 Å². The number of aromatic nitrogens is 3. The van der Waals surface area contributed by atoms with E-state index in [1.165, 1.54) is 0 Å². The lowest BCUT2D eigenvalue weighted by Crippen LogP contribution is -2.13. The molecule has 4 nitrogen and oxygen atoms in total. The van der Waals surface area contributed by atoms with Gasteiger partial charge in [0, 0.05) is 20.3 Å². The molecule has 0 bridgehead atoms. The predicted octanol–water partition coefficient (Wildman–Crippen LogP) is 4.83. The van der Waals surface area contributed by atoms with Crippen molar-refractivity contribution in [1.29, 1.82) is 0 Å². The summed E-state index contributed by atoms with van der Waals surface area (Å²) in [5.74, 6) is 1.54. The lowest BCUT2D eigenvalue weighted by Gasteiger charge is -2.14. The Morgan fingerprint density at radius 2 is 1.74 bits per heavy atom. The fourth-order valence-electron chi connectivity index (χ4n) is 2.32. The van der Waals surface area contributed by atoms with Crippen LogP contribution >= 0.6 is 43.6 Å². The zero-order valence-corrected chi connectivity index (χ0v) is 15.8. The van der Waals surface area contributed by atoms with Crippen LogP contribution in [0, 0.1) is 0 Å². The number of hydrogen-bond donors (Lipinski definition) is 0. The summed E-state index contributed by atoms with van der Waals surface area (Å²) in [5, 5.41) is 14.1. The molecule has 2 aromatic carbocycles. The van der Waals surface area contributed by atoms with Crippen molar-refractivity contribution in [1.82, 2.24) is 14.9 Å². The van der Waals surface area contributed by atoms with Gasteiger partial charge >= 0.3 is 0 Å². The fraction of sp³-hybridized carbons (Fsp3) is 0.0625. The van der Waals surface area contributed by atoms with Crippen LogP contribution in [0.4, 0.5) is 0 Å². The Kier molecular flexibility index (Phi) is 4.09. The largest absolute Gasteiger partial charge is 0.212 e. The Bertz CT molecular complexity index is 903. The number of rotatable bonds is 2. The van der Waals surface area contributed by atoms with Crippen molar-refractivity contribution in [2.45, 2.75) is 5.16 Å². The quantitative estimate of drug-likeness (QED) is 0.562. The van der Waals surface area contributed by atoms with Crippen molar-refractivity contribution in [2.75, 3.05) is 5.75 Å². The van der Waals surface area contributed by atoms with Crippen molar-refractivity contribution in [2.24, 2.45) is 5.10 Å². The summed E-state index contributed by atoms with van der Waals surface area (Å²) in [4.78, 5) is 0. The van der Waals surface area contributed by atoms with Crippen LogP contribution < -0.4 is 0 Å². The standard InChI is InChI=1S/C16H10Br2N4S/c17-12-6-4-10(5-7-12)14-9-23-16-20-19-15(22(16)21-14)11-2-1-3-13(18)8-11/h1-8H,9H2. The fourth-order valence-corrected chi connectivity index (χ4v) is 3.82. The molecule has 0 spiro atoms. The first-order valence-electron chi connectivity index (χ1n) is 6.89. The molecule has 0 fully saturated rings. The number of fused-ring (bicyclic) bond motifs is 1. The van der Waals surface area contributed by atoms with Crippen LogP contribution in [0.25, 0.3) is 11.4 Å². The van der Waals surface area contributed by atoms with Gasteiger partial charge in [0.2, 0.25) is 5.16 Å². The van der Waals surface area contributed by atoms with Gasteiger partial charge in [0.1, 0.15) is 0 Å². The van der Waals surface area contributed by atoms with E-state index < -0.39 is 0 Å². The van der Waals surface area contributed by atoms with Crippen LogP contribution in [-0.4, -0.2) is 26.3 Å². The molecule has 7 heteroatoms. The van der Waals surface area contributed by atoms with Crippen LogP contribution in [0.3, 0.4) is 0 Å². The third kappa shape index (κ3) is 3.00. The molecule has 0 saturated carbocycles. The van der Waals surface area contributed by atoms with E-state index in [-0.39, 0.29) is 0 Å². The Morgan fingerprint density at radius 3 is 2.52 bits per heavy atom. The van der Waals surface area contributed by atoms with Gasteiger partial charge in [-0.25, -0.2) is 0 Å². The van der Waals surface area contributed by atoms with E-state index in [4.69, 9.17) is 5.10 Å². The maximum atomic E-state index is 4.77. The zero-order chi connectivity index (χ0) is 15.8. The van der Waals surface area contributed by atoms with Gasteiger partial charge in [-0.05, 0) is 29.8 Å². The number of halogens is 2. The lowest BCUT2D eigenvalue weighted by atomic mass is 10.1. The Morgan fingerprint density at radius 1 is 0.913 bits per heavy atom. The number of hydrogen-bond acceptors (Lipinski definition) is 4. The molecule has 1 aromatic heterocycles. The molecule has 0 unspecified atom stereocenters. The second kappa shape index (κ2) is 6.22. The summed E-state index contributed by atoms with van der Waals surface area (Å²) >= 11 is 8.61. The summed E-state index contributed by atoms with van der Waals surface area (Å²) in [6.07, 6.45) is 0. The molecular formula is C16H10Br2N4S. The zero-order valence-electron chi connectivity index (χ0n) is 11.8. The summed E-state index contributed by atoms with van der Waals surface area (Å²) in [6, 6.07) is 16.2. The maximum absolute atomic E-state index is 4.77. The normalized spacial score (nSPS) is 13.6. The first kappa shape index (κ1) is 15.1. The molecule has 0 atom stereocenters. The van der Waals surface area contributed by atoms with Gasteiger partial charge in [-0.3, -0.25) is 0 Å². The van der Waals surface area contributed by atoms with Crippen molar-refractivity contribution in [3.05, 3.63) is 63.0 Å². The summed E-state index contributed by atoms with van der Waals surface area (Å²) in [7, 11) is 0. The molecule has 1 aliphatic rings. The molecule has 23 heavy (non-hydrogen) atoms. The third-order valence-electron chi connectivity index (χ3n) is 3.43. The highest BCUT2D eigenvalue weighted by Crippen LogP contribution is 2.29. The predicted molar refractivity (Wildman–Crippen MR) is 100.0 cm³/mol.